The van der Waals surface area contributed by atoms with Gasteiger partial charge in [-0.15, -0.1) is 0 Å². The summed E-state index contributed by atoms with van der Waals surface area (Å²) in [4.78, 5) is 0. The number of benzene rings is 2. The molecule has 3 rings (SSSR count). The van der Waals surface area contributed by atoms with Crippen LogP contribution in [0.4, 0.5) is 0 Å². The maximum Gasteiger partial charge on any atom is 0.118 e. The molecule has 2 heteroatoms. The van der Waals surface area contributed by atoms with Gasteiger partial charge >= 0.3 is 0 Å². The molecular weight excluding hydrogens is 248 g/mol. The van der Waals surface area contributed by atoms with Gasteiger partial charge in [0.05, 0.1) is 13.2 Å². The normalized spacial score (nSPS) is 21.9. The number of aryl methyl sites for hydroxylation is 1. The molecule has 0 radical (unpaired) electrons. The van der Waals surface area contributed by atoms with Crippen LogP contribution in [0.3, 0.4) is 0 Å². The fourth-order valence-electron chi connectivity index (χ4n) is 3.14. The lowest BCUT2D eigenvalue weighted by Crippen LogP contribution is -2.10. The molecule has 0 unspecified atom stereocenters. The smallest absolute Gasteiger partial charge is 0.118 e. The second-order valence-corrected chi connectivity index (χ2v) is 5.42. The fraction of sp³-hybridized carbons (Fsp3) is 0.333. The molecule has 2 nitrogen and oxygen atoms in total. The van der Waals surface area contributed by atoms with Gasteiger partial charge < -0.3 is 9.84 Å². The molecular formula is C18H20O2. The average Bonchev–Trinajstić information content (AvgIpc) is 2.67. The molecule has 1 aliphatic rings. The second-order valence-electron chi connectivity index (χ2n) is 5.42. The molecule has 0 bridgehead atoms. The predicted octanol–water partition coefficient (Wildman–Crippen LogP) is 3.85. The van der Waals surface area contributed by atoms with Crippen LogP contribution in [-0.2, 0) is 6.42 Å². The van der Waals surface area contributed by atoms with Gasteiger partial charge in [-0.25, -0.2) is 0 Å². The monoisotopic (exact) mass is 268 g/mol. The molecule has 2 aromatic carbocycles. The fourth-order valence-corrected chi connectivity index (χ4v) is 3.14. The Balaban J connectivity index is 1.93. The predicted molar refractivity (Wildman–Crippen MR) is 80.1 cm³/mol. The van der Waals surface area contributed by atoms with Gasteiger partial charge in [0.2, 0.25) is 0 Å². The highest BCUT2D eigenvalue weighted by Crippen LogP contribution is 2.39. The Kier molecular flexibility index (Phi) is 3.75. The van der Waals surface area contributed by atoms with Crippen molar-refractivity contribution in [2.24, 2.45) is 0 Å². The summed E-state index contributed by atoms with van der Waals surface area (Å²) in [5.74, 6) is 1.03. The summed E-state index contributed by atoms with van der Waals surface area (Å²) in [6.07, 6.45) is 2.77. The van der Waals surface area contributed by atoms with Crippen molar-refractivity contribution in [3.8, 4) is 5.75 Å². The molecule has 0 aromatic heterocycles. The second kappa shape index (κ2) is 5.68. The van der Waals surface area contributed by atoms with Gasteiger partial charge in [0.25, 0.3) is 0 Å². The molecule has 2 atom stereocenters. The third-order valence-electron chi connectivity index (χ3n) is 4.26. The summed E-state index contributed by atoms with van der Waals surface area (Å²) in [5, 5.41) is 10.7. The molecule has 1 N–H and O–H groups in total. The Morgan fingerprint density at radius 1 is 1.05 bits per heavy atom. The Labute approximate surface area is 120 Å². The zero-order chi connectivity index (χ0) is 13.9. The van der Waals surface area contributed by atoms with Gasteiger partial charge in [-0.1, -0.05) is 36.4 Å². The van der Waals surface area contributed by atoms with E-state index in [-0.39, 0.29) is 5.92 Å². The molecule has 0 fully saturated rings. The first kappa shape index (κ1) is 13.2. The summed E-state index contributed by atoms with van der Waals surface area (Å²) in [6.45, 7) is 0. The topological polar surface area (TPSA) is 29.5 Å². The van der Waals surface area contributed by atoms with Crippen molar-refractivity contribution < 1.29 is 9.84 Å². The minimum absolute atomic E-state index is 0.171. The number of aliphatic hydroxyl groups excluding tert-OH is 1. The summed E-state index contributed by atoms with van der Waals surface area (Å²) in [6, 6.07) is 16.3. The molecule has 104 valence electrons. The maximum absolute atomic E-state index is 10.7. The van der Waals surface area contributed by atoms with Gasteiger partial charge in [-0.2, -0.15) is 0 Å². The van der Waals surface area contributed by atoms with Gasteiger partial charge in [-0.05, 0) is 48.1 Å². The van der Waals surface area contributed by atoms with Crippen LogP contribution in [0.2, 0.25) is 0 Å². The highest BCUT2D eigenvalue weighted by Gasteiger charge is 2.26. The number of ether oxygens (including phenoxy) is 1. The van der Waals surface area contributed by atoms with Crippen molar-refractivity contribution in [3.05, 3.63) is 65.2 Å². The molecule has 2 aromatic rings. The Bertz CT molecular complexity index is 574. The van der Waals surface area contributed by atoms with Crippen molar-refractivity contribution in [1.29, 1.82) is 0 Å². The average molecular weight is 268 g/mol. The third-order valence-corrected chi connectivity index (χ3v) is 4.26. The summed E-state index contributed by atoms with van der Waals surface area (Å²) in [5.41, 5.74) is 3.57. The van der Waals surface area contributed by atoms with Gasteiger partial charge in [0, 0.05) is 5.92 Å². The maximum atomic E-state index is 10.7. The molecule has 0 saturated heterocycles. The molecule has 0 heterocycles. The van der Waals surface area contributed by atoms with Crippen LogP contribution >= 0.6 is 0 Å². The molecule has 0 saturated carbocycles. The van der Waals surface area contributed by atoms with E-state index in [0.29, 0.717) is 0 Å². The summed E-state index contributed by atoms with van der Waals surface area (Å²) >= 11 is 0. The number of hydrogen-bond donors (Lipinski definition) is 1. The lowest BCUT2D eigenvalue weighted by molar-refractivity contribution is 0.142. The Morgan fingerprint density at radius 3 is 2.55 bits per heavy atom. The van der Waals surface area contributed by atoms with Crippen LogP contribution in [0.15, 0.2) is 48.5 Å². The van der Waals surface area contributed by atoms with Crippen LogP contribution in [0.25, 0.3) is 0 Å². The van der Waals surface area contributed by atoms with E-state index < -0.39 is 6.10 Å². The first-order valence-electron chi connectivity index (χ1n) is 7.19. The minimum atomic E-state index is -0.415. The van der Waals surface area contributed by atoms with E-state index in [1.165, 1.54) is 11.1 Å². The highest BCUT2D eigenvalue weighted by molar-refractivity contribution is 5.36. The van der Waals surface area contributed by atoms with E-state index in [1.807, 2.05) is 18.2 Å². The Morgan fingerprint density at radius 2 is 1.80 bits per heavy atom. The molecule has 0 spiro atoms. The summed E-state index contributed by atoms with van der Waals surface area (Å²) < 4.78 is 5.20. The standard InChI is InChI=1S/C18H20O2/c1-20-15-11-9-14(10-12-15)17-8-4-6-13-5-2-3-7-16(13)18(17)19/h2-3,5,7,9-12,17-19H,4,6,8H2,1H3/t17-,18-/m1/s1. The van der Waals surface area contributed by atoms with Gasteiger partial charge in [-0.3, -0.25) is 0 Å². The van der Waals surface area contributed by atoms with Crippen molar-refractivity contribution >= 4 is 0 Å². The van der Waals surface area contributed by atoms with Crippen molar-refractivity contribution in [2.45, 2.75) is 31.3 Å². The summed E-state index contributed by atoms with van der Waals surface area (Å²) in [7, 11) is 1.67. The van der Waals surface area contributed by atoms with E-state index in [2.05, 4.69) is 30.3 Å². The van der Waals surface area contributed by atoms with Crippen molar-refractivity contribution in [2.75, 3.05) is 7.11 Å². The third kappa shape index (κ3) is 2.44. The number of methoxy groups -OCH3 is 1. The number of rotatable bonds is 2. The lowest BCUT2D eigenvalue weighted by Gasteiger charge is -2.22. The number of hydrogen-bond acceptors (Lipinski definition) is 2. The number of fused-ring (bicyclic) bond motifs is 1. The molecule has 1 aliphatic carbocycles. The van der Waals surface area contributed by atoms with Crippen LogP contribution < -0.4 is 4.74 Å². The van der Waals surface area contributed by atoms with Crippen molar-refractivity contribution in [1.82, 2.24) is 0 Å². The lowest BCUT2D eigenvalue weighted by atomic mass is 9.87. The molecule has 0 amide bonds. The van der Waals surface area contributed by atoms with Crippen LogP contribution in [0, 0.1) is 0 Å². The largest absolute Gasteiger partial charge is 0.497 e. The Hall–Kier alpha value is -1.80. The zero-order valence-corrected chi connectivity index (χ0v) is 11.8. The van der Waals surface area contributed by atoms with E-state index in [1.54, 1.807) is 7.11 Å². The van der Waals surface area contributed by atoms with Gasteiger partial charge in [0.15, 0.2) is 0 Å². The first-order valence-corrected chi connectivity index (χ1v) is 7.19. The highest BCUT2D eigenvalue weighted by atomic mass is 16.5. The van der Waals surface area contributed by atoms with E-state index >= 15 is 0 Å². The molecule has 0 aliphatic heterocycles. The van der Waals surface area contributed by atoms with Crippen LogP contribution in [-0.4, -0.2) is 12.2 Å². The number of aliphatic hydroxyl groups is 1. The molecule has 20 heavy (non-hydrogen) atoms. The van der Waals surface area contributed by atoms with Gasteiger partial charge in [0.1, 0.15) is 5.75 Å². The quantitative estimate of drug-likeness (QED) is 0.838. The zero-order valence-electron chi connectivity index (χ0n) is 11.8. The van der Waals surface area contributed by atoms with Crippen LogP contribution in [0.5, 0.6) is 5.75 Å². The van der Waals surface area contributed by atoms with E-state index in [0.717, 1.165) is 30.6 Å². The minimum Gasteiger partial charge on any atom is -0.497 e. The van der Waals surface area contributed by atoms with E-state index in [9.17, 15) is 5.11 Å². The SMILES string of the molecule is COc1ccc([C@H]2CCCc3ccccc3[C@H]2O)cc1. The van der Waals surface area contributed by atoms with E-state index in [4.69, 9.17) is 4.74 Å². The van der Waals surface area contributed by atoms with Crippen LogP contribution in [0.1, 0.15) is 41.6 Å². The first-order chi connectivity index (χ1) is 9.79. The van der Waals surface area contributed by atoms with Crippen molar-refractivity contribution in [3.63, 3.8) is 0 Å².